The minimum absolute atomic E-state index is 0.406. The summed E-state index contributed by atoms with van der Waals surface area (Å²) in [5.41, 5.74) is 15.6. The van der Waals surface area contributed by atoms with Crippen LogP contribution in [0.5, 0.6) is 0 Å². The zero-order valence-corrected chi connectivity index (χ0v) is 17.1. The van der Waals surface area contributed by atoms with Crippen molar-refractivity contribution in [3.05, 3.63) is 0 Å². The molecule has 10 N–H and O–H groups in total. The molecule has 5 amide bonds. The Morgan fingerprint density at radius 1 is 0.833 bits per heavy atom. The molecule has 0 aromatic rings. The van der Waals surface area contributed by atoms with E-state index < -0.39 is 78.4 Å². The summed E-state index contributed by atoms with van der Waals surface area (Å²) in [4.78, 5) is 70.4. The second-order valence-corrected chi connectivity index (χ2v) is 6.95. The number of nitrogens with one attached hydrogen (secondary N) is 3. The minimum Gasteiger partial charge on any atom is -0.480 e. The van der Waals surface area contributed by atoms with E-state index in [1.54, 1.807) is 13.8 Å². The molecule has 0 spiro atoms. The number of amides is 5. The van der Waals surface area contributed by atoms with E-state index in [9.17, 15) is 28.8 Å². The third kappa shape index (κ3) is 9.32. The van der Waals surface area contributed by atoms with E-state index >= 15 is 0 Å². The molecule has 13 nitrogen and oxygen atoms in total. The Kier molecular flexibility index (Phi) is 11.0. The van der Waals surface area contributed by atoms with Crippen molar-refractivity contribution in [3.8, 4) is 0 Å². The third-order valence-corrected chi connectivity index (χ3v) is 4.32. The number of hydrogen-bond acceptors (Lipinski definition) is 7. The van der Waals surface area contributed by atoms with Gasteiger partial charge in [0, 0.05) is 0 Å². The van der Waals surface area contributed by atoms with Gasteiger partial charge >= 0.3 is 5.97 Å². The first-order valence-corrected chi connectivity index (χ1v) is 9.26. The van der Waals surface area contributed by atoms with Crippen molar-refractivity contribution in [2.75, 3.05) is 0 Å². The summed E-state index contributed by atoms with van der Waals surface area (Å²) in [5, 5.41) is 15.8. The molecule has 170 valence electrons. The Morgan fingerprint density at radius 3 is 1.80 bits per heavy atom. The van der Waals surface area contributed by atoms with Crippen LogP contribution in [0.3, 0.4) is 0 Å². The van der Waals surface area contributed by atoms with Crippen molar-refractivity contribution in [2.24, 2.45) is 23.1 Å². The van der Waals surface area contributed by atoms with E-state index in [4.69, 9.17) is 22.3 Å². The van der Waals surface area contributed by atoms with Crippen LogP contribution in [0.25, 0.3) is 0 Å². The maximum atomic E-state index is 12.7. The zero-order chi connectivity index (χ0) is 23.6. The molecule has 0 saturated heterocycles. The number of hydrogen-bond donors (Lipinski definition) is 7. The molecule has 0 saturated carbocycles. The Labute approximate surface area is 173 Å². The number of primary amides is 2. The molecule has 0 aliphatic carbocycles. The molecule has 0 rings (SSSR count). The Morgan fingerprint density at radius 2 is 1.37 bits per heavy atom. The zero-order valence-electron chi connectivity index (χ0n) is 17.1. The van der Waals surface area contributed by atoms with Gasteiger partial charge in [-0.05, 0) is 12.8 Å². The summed E-state index contributed by atoms with van der Waals surface area (Å²) in [6.07, 6.45) is -0.626. The Hall–Kier alpha value is -3.22. The van der Waals surface area contributed by atoms with Crippen molar-refractivity contribution >= 4 is 35.5 Å². The standard InChI is InChI=1S/C17H30N6O7/c1-4-7(2)13(16(28)21-8(3)17(29)30)23-15(27)10(6-12(20)25)22-14(26)9(18)5-11(19)24/h7-10,13H,4-6,18H2,1-3H3,(H2,19,24)(H2,20,25)(H,21,28)(H,22,26)(H,23,27)(H,29,30). The van der Waals surface area contributed by atoms with Crippen LogP contribution in [0.4, 0.5) is 0 Å². The van der Waals surface area contributed by atoms with Gasteiger partial charge in [-0.25, -0.2) is 0 Å². The van der Waals surface area contributed by atoms with Crippen LogP contribution in [-0.4, -0.2) is 64.8 Å². The first-order valence-electron chi connectivity index (χ1n) is 9.26. The molecule has 5 unspecified atom stereocenters. The molecule has 5 atom stereocenters. The first-order chi connectivity index (χ1) is 13.8. The lowest BCUT2D eigenvalue weighted by Crippen LogP contribution is -2.59. The molecule has 0 aliphatic rings. The first kappa shape index (κ1) is 26.8. The maximum absolute atomic E-state index is 12.7. The number of carbonyl (C=O) groups is 6. The number of carboxylic acids is 1. The average Bonchev–Trinajstić information content (AvgIpc) is 2.63. The van der Waals surface area contributed by atoms with Gasteiger partial charge < -0.3 is 38.3 Å². The van der Waals surface area contributed by atoms with Gasteiger partial charge in [0.05, 0.1) is 18.9 Å². The highest BCUT2D eigenvalue weighted by Gasteiger charge is 2.32. The van der Waals surface area contributed by atoms with Crippen molar-refractivity contribution < 1.29 is 33.9 Å². The van der Waals surface area contributed by atoms with Crippen LogP contribution >= 0.6 is 0 Å². The summed E-state index contributed by atoms with van der Waals surface area (Å²) in [6.45, 7) is 4.66. The molecule has 30 heavy (non-hydrogen) atoms. The van der Waals surface area contributed by atoms with Gasteiger partial charge in [0.15, 0.2) is 0 Å². The van der Waals surface area contributed by atoms with Gasteiger partial charge in [-0.3, -0.25) is 28.8 Å². The summed E-state index contributed by atoms with van der Waals surface area (Å²) in [5.74, 6) is -5.99. The molecule has 0 radical (unpaired) electrons. The van der Waals surface area contributed by atoms with Gasteiger partial charge in [0.25, 0.3) is 0 Å². The van der Waals surface area contributed by atoms with Gasteiger partial charge in [0.2, 0.25) is 29.5 Å². The van der Waals surface area contributed by atoms with E-state index in [0.29, 0.717) is 6.42 Å². The smallest absolute Gasteiger partial charge is 0.325 e. The van der Waals surface area contributed by atoms with Crippen molar-refractivity contribution in [2.45, 2.75) is 64.2 Å². The minimum atomic E-state index is -1.47. The number of carboxylic acid groups (broad SMARTS) is 1. The number of rotatable bonds is 13. The average molecular weight is 430 g/mol. The lowest BCUT2D eigenvalue weighted by molar-refractivity contribution is -0.142. The lowest BCUT2D eigenvalue weighted by Gasteiger charge is -2.27. The van der Waals surface area contributed by atoms with E-state index in [1.807, 2.05) is 0 Å². The highest BCUT2D eigenvalue weighted by atomic mass is 16.4. The molecule has 0 bridgehead atoms. The van der Waals surface area contributed by atoms with Crippen LogP contribution in [0, 0.1) is 5.92 Å². The third-order valence-electron chi connectivity index (χ3n) is 4.32. The predicted octanol–water partition coefficient (Wildman–Crippen LogP) is -3.33. The highest BCUT2D eigenvalue weighted by Crippen LogP contribution is 2.09. The highest BCUT2D eigenvalue weighted by molar-refractivity contribution is 5.96. The summed E-state index contributed by atoms with van der Waals surface area (Å²) < 4.78 is 0. The number of aliphatic carboxylic acids is 1. The normalized spacial score (nSPS) is 15.6. The molecule has 0 aliphatic heterocycles. The molecular weight excluding hydrogens is 400 g/mol. The fourth-order valence-corrected chi connectivity index (χ4v) is 2.32. The molecular formula is C17H30N6O7. The van der Waals surface area contributed by atoms with Crippen molar-refractivity contribution in [1.29, 1.82) is 0 Å². The fourth-order valence-electron chi connectivity index (χ4n) is 2.32. The van der Waals surface area contributed by atoms with Crippen LogP contribution in [0.2, 0.25) is 0 Å². The van der Waals surface area contributed by atoms with Crippen LogP contribution in [-0.2, 0) is 28.8 Å². The topological polar surface area (TPSA) is 237 Å². The van der Waals surface area contributed by atoms with Crippen LogP contribution < -0.4 is 33.2 Å². The second-order valence-electron chi connectivity index (χ2n) is 6.95. The largest absolute Gasteiger partial charge is 0.480 e. The molecule has 0 aromatic heterocycles. The maximum Gasteiger partial charge on any atom is 0.325 e. The second kappa shape index (κ2) is 12.4. The Balaban J connectivity index is 5.44. The Bertz CT molecular complexity index is 684. The van der Waals surface area contributed by atoms with E-state index in [-0.39, 0.29) is 0 Å². The molecule has 0 heterocycles. The lowest BCUT2D eigenvalue weighted by atomic mass is 9.97. The summed E-state index contributed by atoms with van der Waals surface area (Å²) in [6, 6.07) is -5.16. The van der Waals surface area contributed by atoms with Crippen molar-refractivity contribution in [1.82, 2.24) is 16.0 Å². The van der Waals surface area contributed by atoms with Crippen molar-refractivity contribution in [3.63, 3.8) is 0 Å². The quantitative estimate of drug-likeness (QED) is 0.155. The monoisotopic (exact) mass is 430 g/mol. The fraction of sp³-hybridized carbons (Fsp3) is 0.647. The summed E-state index contributed by atoms with van der Waals surface area (Å²) >= 11 is 0. The van der Waals surface area contributed by atoms with Gasteiger partial charge in [-0.2, -0.15) is 0 Å². The molecule has 13 heteroatoms. The predicted molar refractivity (Wildman–Crippen MR) is 104 cm³/mol. The number of nitrogens with two attached hydrogens (primary N) is 3. The molecule has 0 aromatic carbocycles. The molecule has 0 fully saturated rings. The van der Waals surface area contributed by atoms with Gasteiger partial charge in [-0.15, -0.1) is 0 Å². The van der Waals surface area contributed by atoms with Gasteiger partial charge in [-0.1, -0.05) is 20.3 Å². The van der Waals surface area contributed by atoms with E-state index in [0.717, 1.165) is 0 Å². The van der Waals surface area contributed by atoms with E-state index in [1.165, 1.54) is 6.92 Å². The summed E-state index contributed by atoms with van der Waals surface area (Å²) in [7, 11) is 0. The SMILES string of the molecule is CCC(C)C(NC(=O)C(CC(N)=O)NC(=O)C(N)CC(N)=O)C(=O)NC(C)C(=O)O. The van der Waals surface area contributed by atoms with Crippen LogP contribution in [0.1, 0.15) is 40.0 Å². The van der Waals surface area contributed by atoms with Gasteiger partial charge in [0.1, 0.15) is 18.1 Å². The van der Waals surface area contributed by atoms with E-state index in [2.05, 4.69) is 16.0 Å². The number of carbonyl (C=O) groups excluding carboxylic acids is 5. The van der Waals surface area contributed by atoms with Crippen LogP contribution in [0.15, 0.2) is 0 Å².